The van der Waals surface area contributed by atoms with E-state index < -0.39 is 0 Å². The largest absolute Gasteiger partial charge is 0.338 e. The predicted molar refractivity (Wildman–Crippen MR) is 72.2 cm³/mol. The molecule has 2 saturated carbocycles. The third-order valence-corrected chi connectivity index (χ3v) is 3.84. The Balaban J connectivity index is 0.00000144. The van der Waals surface area contributed by atoms with Crippen LogP contribution in [0.3, 0.4) is 0 Å². The van der Waals surface area contributed by atoms with Crippen LogP contribution in [0, 0.1) is 5.92 Å². The number of rotatable bonds is 4. The van der Waals surface area contributed by atoms with Gasteiger partial charge in [-0.2, -0.15) is 0 Å². The summed E-state index contributed by atoms with van der Waals surface area (Å²) in [7, 11) is 0. The van der Waals surface area contributed by atoms with Gasteiger partial charge in [0, 0.05) is 12.6 Å². The lowest BCUT2D eigenvalue weighted by atomic mass is 9.89. The van der Waals surface area contributed by atoms with Crippen LogP contribution in [0.2, 0.25) is 0 Å². The summed E-state index contributed by atoms with van der Waals surface area (Å²) >= 11 is 0. The van der Waals surface area contributed by atoms with Gasteiger partial charge < -0.3 is 10.6 Å². The maximum absolute atomic E-state index is 12.0. The fourth-order valence-electron chi connectivity index (χ4n) is 2.71. The van der Waals surface area contributed by atoms with Crippen LogP contribution in [0.25, 0.3) is 0 Å². The first-order chi connectivity index (χ1) is 7.68. The van der Waals surface area contributed by atoms with Crippen LogP contribution in [0.15, 0.2) is 0 Å². The minimum absolute atomic E-state index is 0. The molecular weight excluding hydrogens is 236 g/mol. The Morgan fingerprint density at radius 3 is 2.29 bits per heavy atom. The zero-order valence-corrected chi connectivity index (χ0v) is 11.5. The minimum atomic E-state index is -0.329. The molecule has 2 aliphatic carbocycles. The fraction of sp³-hybridized carbons (Fsp3) is 0.923. The minimum Gasteiger partial charge on any atom is -0.338 e. The third-order valence-electron chi connectivity index (χ3n) is 3.84. The van der Waals surface area contributed by atoms with Gasteiger partial charge in [0.05, 0.1) is 6.04 Å². The lowest BCUT2D eigenvalue weighted by Gasteiger charge is -2.31. The lowest BCUT2D eigenvalue weighted by molar-refractivity contribution is -0.133. The molecule has 0 saturated heterocycles. The molecule has 1 amide bonds. The number of nitrogens with zero attached hydrogens (tertiary/aromatic N) is 1. The molecule has 2 aliphatic rings. The monoisotopic (exact) mass is 260 g/mol. The summed E-state index contributed by atoms with van der Waals surface area (Å²) < 4.78 is 0. The van der Waals surface area contributed by atoms with Crippen LogP contribution in [0.4, 0.5) is 0 Å². The van der Waals surface area contributed by atoms with Gasteiger partial charge in [-0.05, 0) is 38.5 Å². The molecular formula is C13H25ClN2O. The summed E-state index contributed by atoms with van der Waals surface area (Å²) in [5, 5.41) is 0. The Hall–Kier alpha value is -0.280. The van der Waals surface area contributed by atoms with Crippen LogP contribution >= 0.6 is 12.4 Å². The van der Waals surface area contributed by atoms with E-state index in [0.29, 0.717) is 6.04 Å². The number of hydrogen-bond donors (Lipinski definition) is 1. The van der Waals surface area contributed by atoms with Gasteiger partial charge in [0.2, 0.25) is 5.91 Å². The Morgan fingerprint density at radius 2 is 1.82 bits per heavy atom. The topological polar surface area (TPSA) is 46.3 Å². The molecule has 0 aromatic carbocycles. The van der Waals surface area contributed by atoms with Gasteiger partial charge in [-0.15, -0.1) is 12.4 Å². The summed E-state index contributed by atoms with van der Waals surface area (Å²) in [6.07, 6.45) is 9.04. The first-order valence-electron chi connectivity index (χ1n) is 6.74. The third kappa shape index (κ3) is 4.14. The molecule has 0 bridgehead atoms. The molecule has 0 aromatic heterocycles. The molecule has 2 rings (SSSR count). The molecule has 2 fully saturated rings. The van der Waals surface area contributed by atoms with Gasteiger partial charge in [-0.3, -0.25) is 4.79 Å². The highest BCUT2D eigenvalue weighted by Crippen LogP contribution is 2.31. The number of halogens is 1. The molecule has 0 heterocycles. The van der Waals surface area contributed by atoms with E-state index in [4.69, 9.17) is 5.73 Å². The lowest BCUT2D eigenvalue weighted by Crippen LogP contribution is -2.45. The molecule has 100 valence electrons. The van der Waals surface area contributed by atoms with Gasteiger partial charge in [-0.25, -0.2) is 0 Å². The van der Waals surface area contributed by atoms with Gasteiger partial charge in [0.15, 0.2) is 0 Å². The van der Waals surface area contributed by atoms with Crippen molar-refractivity contribution in [3.05, 3.63) is 0 Å². The van der Waals surface area contributed by atoms with Gasteiger partial charge in [-0.1, -0.05) is 19.3 Å². The average molecular weight is 261 g/mol. The second kappa shape index (κ2) is 6.60. The van der Waals surface area contributed by atoms with Crippen molar-refractivity contribution < 1.29 is 4.79 Å². The van der Waals surface area contributed by atoms with E-state index in [1.165, 1.54) is 44.9 Å². The number of hydrogen-bond acceptors (Lipinski definition) is 2. The number of carbonyl (C=O) groups is 1. The van der Waals surface area contributed by atoms with Crippen molar-refractivity contribution in [1.29, 1.82) is 0 Å². The molecule has 4 heteroatoms. The summed E-state index contributed by atoms with van der Waals surface area (Å²) in [6, 6.07) is 0.185. The van der Waals surface area contributed by atoms with Crippen molar-refractivity contribution in [3.63, 3.8) is 0 Å². The van der Waals surface area contributed by atoms with E-state index in [1.54, 1.807) is 6.92 Å². The number of carbonyl (C=O) groups excluding carboxylic acids is 1. The van der Waals surface area contributed by atoms with Crippen molar-refractivity contribution >= 4 is 18.3 Å². The predicted octanol–water partition coefficient (Wildman–Crippen LogP) is 2.33. The summed E-state index contributed by atoms with van der Waals surface area (Å²) in [5.74, 6) is 0.894. The van der Waals surface area contributed by atoms with E-state index in [2.05, 4.69) is 4.90 Å². The average Bonchev–Trinajstić information content (AvgIpc) is 3.10. The first kappa shape index (κ1) is 14.8. The van der Waals surface area contributed by atoms with E-state index >= 15 is 0 Å². The zero-order chi connectivity index (χ0) is 11.5. The molecule has 0 aliphatic heterocycles. The maximum Gasteiger partial charge on any atom is 0.239 e. The zero-order valence-electron chi connectivity index (χ0n) is 10.7. The Morgan fingerprint density at radius 1 is 1.24 bits per heavy atom. The van der Waals surface area contributed by atoms with Crippen molar-refractivity contribution in [2.24, 2.45) is 11.7 Å². The van der Waals surface area contributed by atoms with Gasteiger partial charge >= 0.3 is 0 Å². The highest BCUT2D eigenvalue weighted by atomic mass is 35.5. The second-order valence-electron chi connectivity index (χ2n) is 5.51. The fourth-order valence-corrected chi connectivity index (χ4v) is 2.71. The first-order valence-corrected chi connectivity index (χ1v) is 6.74. The van der Waals surface area contributed by atoms with Crippen molar-refractivity contribution in [2.75, 3.05) is 6.54 Å². The highest BCUT2D eigenvalue weighted by Gasteiger charge is 2.35. The summed E-state index contributed by atoms with van der Waals surface area (Å²) in [4.78, 5) is 14.1. The Kier molecular flexibility index (Phi) is 5.74. The summed E-state index contributed by atoms with van der Waals surface area (Å²) in [5.41, 5.74) is 5.72. The van der Waals surface area contributed by atoms with E-state index in [-0.39, 0.29) is 24.4 Å². The molecule has 0 aromatic rings. The smallest absolute Gasteiger partial charge is 0.239 e. The van der Waals surface area contributed by atoms with E-state index in [0.717, 1.165) is 12.5 Å². The quantitative estimate of drug-likeness (QED) is 0.843. The molecule has 3 nitrogen and oxygen atoms in total. The molecule has 0 spiro atoms. The maximum atomic E-state index is 12.0. The van der Waals surface area contributed by atoms with Crippen LogP contribution in [-0.4, -0.2) is 29.4 Å². The summed E-state index contributed by atoms with van der Waals surface area (Å²) in [6.45, 7) is 2.77. The van der Waals surface area contributed by atoms with Crippen LogP contribution in [-0.2, 0) is 4.79 Å². The number of nitrogens with two attached hydrogens (primary N) is 1. The molecule has 1 atom stereocenters. The van der Waals surface area contributed by atoms with Crippen molar-refractivity contribution in [3.8, 4) is 0 Å². The van der Waals surface area contributed by atoms with Crippen LogP contribution < -0.4 is 5.73 Å². The molecule has 0 radical (unpaired) electrons. The van der Waals surface area contributed by atoms with Gasteiger partial charge in [0.25, 0.3) is 0 Å². The highest BCUT2D eigenvalue weighted by molar-refractivity contribution is 5.85. The standard InChI is InChI=1S/C13H24N2O.ClH/c1-10(14)13(16)15(12-7-8-12)9-11-5-3-2-4-6-11;/h10-12H,2-9,14H2,1H3;1H/t10-;/m1./s1. The van der Waals surface area contributed by atoms with Crippen molar-refractivity contribution in [2.45, 2.75) is 64.0 Å². The number of amides is 1. The van der Waals surface area contributed by atoms with Crippen LogP contribution in [0.1, 0.15) is 51.9 Å². The Bertz CT molecular complexity index is 248. The molecule has 17 heavy (non-hydrogen) atoms. The van der Waals surface area contributed by atoms with Gasteiger partial charge in [0.1, 0.15) is 0 Å². The molecule has 2 N–H and O–H groups in total. The van der Waals surface area contributed by atoms with E-state index in [1.807, 2.05) is 0 Å². The normalized spacial score (nSPS) is 22.7. The SMILES string of the molecule is C[C@@H](N)C(=O)N(CC1CCCCC1)C1CC1.Cl. The molecule has 0 unspecified atom stereocenters. The second-order valence-corrected chi connectivity index (χ2v) is 5.51. The van der Waals surface area contributed by atoms with E-state index in [9.17, 15) is 4.79 Å². The van der Waals surface area contributed by atoms with Crippen molar-refractivity contribution in [1.82, 2.24) is 4.90 Å². The van der Waals surface area contributed by atoms with Crippen LogP contribution in [0.5, 0.6) is 0 Å². The Labute approximate surface area is 111 Å².